The molecule has 0 aromatic carbocycles. The number of imidazole rings is 1. The van der Waals surface area contributed by atoms with E-state index in [-0.39, 0.29) is 17.9 Å². The van der Waals surface area contributed by atoms with Gasteiger partial charge in [0.2, 0.25) is 0 Å². The highest BCUT2D eigenvalue weighted by molar-refractivity contribution is 5.71. The fraction of sp³-hybridized carbons (Fsp3) is 0.615. The molecule has 0 saturated carbocycles. The van der Waals surface area contributed by atoms with Gasteiger partial charge in [-0.05, 0) is 20.3 Å². The topological polar surface area (TPSA) is 82.1 Å². The molecule has 110 valence electrons. The molecule has 7 nitrogen and oxygen atoms in total. The van der Waals surface area contributed by atoms with Crippen LogP contribution in [-0.4, -0.2) is 23.8 Å². The molecule has 2 aromatic heterocycles. The van der Waals surface area contributed by atoms with Gasteiger partial charge in [-0.15, -0.1) is 0 Å². The van der Waals surface area contributed by atoms with Crippen molar-refractivity contribution in [3.63, 3.8) is 0 Å². The largest absolute Gasteiger partial charge is 0.388 e. The number of hydrogen-bond acceptors (Lipinski definition) is 4. The monoisotopic (exact) mass is 280 g/mol. The predicted molar refractivity (Wildman–Crippen MR) is 75.8 cm³/mol. The molecule has 20 heavy (non-hydrogen) atoms. The highest BCUT2D eigenvalue weighted by Crippen LogP contribution is 2.12. The molecule has 0 spiro atoms. The summed E-state index contributed by atoms with van der Waals surface area (Å²) in [5.74, 6) is 0.425. The van der Waals surface area contributed by atoms with Gasteiger partial charge in [0.1, 0.15) is 12.4 Å². The molecule has 0 unspecified atom stereocenters. The molecule has 0 radical (unpaired) electrons. The van der Waals surface area contributed by atoms with E-state index in [9.17, 15) is 14.7 Å². The number of fused-ring (bicyclic) bond motifs is 1. The number of hydrogen-bond donors (Lipinski definition) is 1. The number of aryl methyl sites for hydroxylation is 2. The van der Waals surface area contributed by atoms with Crippen molar-refractivity contribution in [3.8, 4) is 0 Å². The van der Waals surface area contributed by atoms with Crippen LogP contribution >= 0.6 is 0 Å². The Morgan fingerprint density at radius 1 is 1.05 bits per heavy atom. The van der Waals surface area contributed by atoms with Gasteiger partial charge >= 0.3 is 5.69 Å². The van der Waals surface area contributed by atoms with E-state index in [0.29, 0.717) is 36.6 Å². The van der Waals surface area contributed by atoms with Crippen molar-refractivity contribution in [2.24, 2.45) is 0 Å². The quantitative estimate of drug-likeness (QED) is 0.854. The zero-order valence-electron chi connectivity index (χ0n) is 12.1. The molecule has 0 amide bonds. The van der Waals surface area contributed by atoms with Gasteiger partial charge in [-0.25, -0.2) is 9.78 Å². The van der Waals surface area contributed by atoms with Gasteiger partial charge in [-0.2, -0.15) is 0 Å². The highest BCUT2D eigenvalue weighted by Gasteiger charge is 2.19. The number of aliphatic hydroxyl groups excluding tert-OH is 1. The van der Waals surface area contributed by atoms with Gasteiger partial charge in [0.15, 0.2) is 11.2 Å². The number of aromatic nitrogens is 4. The molecule has 1 N–H and O–H groups in total. The highest BCUT2D eigenvalue weighted by atomic mass is 16.3. The fourth-order valence-electron chi connectivity index (χ4n) is 2.48. The van der Waals surface area contributed by atoms with E-state index in [1.54, 1.807) is 11.5 Å². The SMILES string of the molecule is CCCn1c(CO)nc2c1c(=O)n(CC)c(=O)n2CC. The Balaban J connectivity index is 3.00. The van der Waals surface area contributed by atoms with Crippen LogP contribution in [-0.2, 0) is 26.2 Å². The van der Waals surface area contributed by atoms with Gasteiger partial charge in [-0.3, -0.25) is 13.9 Å². The molecule has 2 heterocycles. The van der Waals surface area contributed by atoms with Crippen LogP contribution in [0.2, 0.25) is 0 Å². The van der Waals surface area contributed by atoms with E-state index in [1.807, 2.05) is 13.8 Å². The molecule has 0 atom stereocenters. The predicted octanol–water partition coefficient (Wildman–Crippen LogP) is 0.302. The van der Waals surface area contributed by atoms with Crippen molar-refractivity contribution in [2.75, 3.05) is 0 Å². The number of rotatable bonds is 5. The molecule has 2 rings (SSSR count). The second-order valence-electron chi connectivity index (χ2n) is 4.59. The third kappa shape index (κ3) is 1.98. The summed E-state index contributed by atoms with van der Waals surface area (Å²) in [4.78, 5) is 29.0. The zero-order valence-corrected chi connectivity index (χ0v) is 12.1. The van der Waals surface area contributed by atoms with Crippen LogP contribution in [0.25, 0.3) is 11.2 Å². The van der Waals surface area contributed by atoms with Gasteiger partial charge in [0.05, 0.1) is 0 Å². The van der Waals surface area contributed by atoms with Crippen molar-refractivity contribution in [1.29, 1.82) is 0 Å². The first-order valence-electron chi connectivity index (χ1n) is 6.94. The molecular weight excluding hydrogens is 260 g/mol. The average Bonchev–Trinajstić information content (AvgIpc) is 2.79. The van der Waals surface area contributed by atoms with Crippen molar-refractivity contribution in [1.82, 2.24) is 18.7 Å². The molecular formula is C13H20N4O3. The molecule has 0 aliphatic heterocycles. The molecule has 0 aliphatic rings. The lowest BCUT2D eigenvalue weighted by Gasteiger charge is -2.09. The lowest BCUT2D eigenvalue weighted by molar-refractivity contribution is 0.265. The fourth-order valence-corrected chi connectivity index (χ4v) is 2.48. The maximum Gasteiger partial charge on any atom is 0.332 e. The Kier molecular flexibility index (Phi) is 4.08. The molecule has 0 bridgehead atoms. The second kappa shape index (κ2) is 5.62. The van der Waals surface area contributed by atoms with Crippen LogP contribution in [0.4, 0.5) is 0 Å². The zero-order chi connectivity index (χ0) is 14.9. The van der Waals surface area contributed by atoms with Crippen LogP contribution in [0, 0.1) is 0 Å². The summed E-state index contributed by atoms with van der Waals surface area (Å²) < 4.78 is 4.40. The van der Waals surface area contributed by atoms with Crippen LogP contribution in [0.5, 0.6) is 0 Å². The van der Waals surface area contributed by atoms with E-state index >= 15 is 0 Å². The summed E-state index contributed by atoms with van der Waals surface area (Å²) in [7, 11) is 0. The Morgan fingerprint density at radius 3 is 2.20 bits per heavy atom. The normalized spacial score (nSPS) is 11.4. The van der Waals surface area contributed by atoms with Gasteiger partial charge < -0.3 is 9.67 Å². The standard InChI is InChI=1S/C13H20N4O3/c1-4-7-17-9(8-18)14-11-10(17)12(19)16(6-3)13(20)15(11)5-2/h18H,4-8H2,1-3H3. The smallest absolute Gasteiger partial charge is 0.332 e. The molecule has 2 aromatic rings. The van der Waals surface area contributed by atoms with E-state index in [2.05, 4.69) is 4.98 Å². The minimum atomic E-state index is -0.349. The minimum absolute atomic E-state index is 0.252. The maximum atomic E-state index is 12.5. The molecule has 0 fully saturated rings. The Labute approximate surface area is 116 Å². The average molecular weight is 280 g/mol. The van der Waals surface area contributed by atoms with Crippen LogP contribution in [0.15, 0.2) is 9.59 Å². The summed E-state index contributed by atoms with van der Waals surface area (Å²) in [6.45, 7) is 6.68. The third-order valence-electron chi connectivity index (χ3n) is 3.41. The van der Waals surface area contributed by atoms with E-state index in [1.165, 1.54) is 9.13 Å². The van der Waals surface area contributed by atoms with Crippen LogP contribution in [0.3, 0.4) is 0 Å². The van der Waals surface area contributed by atoms with Gasteiger partial charge in [-0.1, -0.05) is 6.92 Å². The van der Waals surface area contributed by atoms with E-state index in [4.69, 9.17) is 0 Å². The first-order valence-corrected chi connectivity index (χ1v) is 6.94. The Bertz CT molecular complexity index is 739. The Hall–Kier alpha value is -1.89. The van der Waals surface area contributed by atoms with Crippen molar-refractivity contribution in [3.05, 3.63) is 26.7 Å². The van der Waals surface area contributed by atoms with Crippen molar-refractivity contribution >= 4 is 11.2 Å². The van der Waals surface area contributed by atoms with Crippen molar-refractivity contribution < 1.29 is 5.11 Å². The second-order valence-corrected chi connectivity index (χ2v) is 4.59. The maximum absolute atomic E-state index is 12.5. The first-order chi connectivity index (χ1) is 9.60. The lowest BCUT2D eigenvalue weighted by Crippen LogP contribution is -2.40. The summed E-state index contributed by atoms with van der Waals surface area (Å²) in [5.41, 5.74) is 0.0832. The summed E-state index contributed by atoms with van der Waals surface area (Å²) >= 11 is 0. The van der Waals surface area contributed by atoms with Gasteiger partial charge in [0.25, 0.3) is 5.56 Å². The van der Waals surface area contributed by atoms with Gasteiger partial charge in [0, 0.05) is 19.6 Å². The van der Waals surface area contributed by atoms with E-state index < -0.39 is 0 Å². The lowest BCUT2D eigenvalue weighted by atomic mass is 10.4. The number of nitrogens with zero attached hydrogens (tertiary/aromatic N) is 4. The molecule has 0 saturated heterocycles. The molecule has 0 aliphatic carbocycles. The first kappa shape index (κ1) is 14.5. The summed E-state index contributed by atoms with van der Waals surface area (Å²) in [6.07, 6.45) is 0.815. The summed E-state index contributed by atoms with van der Waals surface area (Å²) in [6, 6.07) is 0. The third-order valence-corrected chi connectivity index (χ3v) is 3.41. The van der Waals surface area contributed by atoms with Crippen LogP contribution in [0.1, 0.15) is 33.0 Å². The van der Waals surface area contributed by atoms with Crippen molar-refractivity contribution in [2.45, 2.75) is 53.4 Å². The Morgan fingerprint density at radius 2 is 1.70 bits per heavy atom. The summed E-state index contributed by atoms with van der Waals surface area (Å²) in [5, 5.41) is 9.42. The van der Waals surface area contributed by atoms with E-state index in [0.717, 1.165) is 6.42 Å². The number of aliphatic hydroxyl groups is 1. The molecule has 7 heteroatoms. The minimum Gasteiger partial charge on any atom is -0.388 e. The van der Waals surface area contributed by atoms with Crippen LogP contribution < -0.4 is 11.2 Å².